The minimum Gasteiger partial charge on any atom is -0.493 e. The van der Waals surface area contributed by atoms with E-state index in [1.165, 1.54) is 4.90 Å². The van der Waals surface area contributed by atoms with Gasteiger partial charge in [-0.15, -0.1) is 0 Å². The van der Waals surface area contributed by atoms with Crippen LogP contribution >= 0.6 is 0 Å². The number of nitrogens with zero attached hydrogens (tertiary/aromatic N) is 2. The Morgan fingerprint density at radius 2 is 1.83 bits per heavy atom. The van der Waals surface area contributed by atoms with Crippen molar-refractivity contribution < 1.29 is 33.7 Å². The predicted molar refractivity (Wildman–Crippen MR) is 158 cm³/mol. The number of ether oxygens (including phenoxy) is 3. The number of rotatable bonds is 6. The van der Waals surface area contributed by atoms with Crippen molar-refractivity contribution in [3.05, 3.63) is 52.6 Å². The maximum Gasteiger partial charge on any atom is 0.326 e. The first kappa shape index (κ1) is 29.9. The van der Waals surface area contributed by atoms with Gasteiger partial charge in [0, 0.05) is 23.7 Å². The lowest BCUT2D eigenvalue weighted by molar-refractivity contribution is -0.154. The molecule has 0 saturated carbocycles. The van der Waals surface area contributed by atoms with E-state index < -0.39 is 24.2 Å². The van der Waals surface area contributed by atoms with Crippen LogP contribution in [-0.2, 0) is 25.5 Å². The van der Waals surface area contributed by atoms with E-state index in [1.54, 1.807) is 20.3 Å². The Kier molecular flexibility index (Phi) is 8.25. The Labute approximate surface area is 247 Å². The molecule has 4 atom stereocenters. The van der Waals surface area contributed by atoms with E-state index >= 15 is 0 Å². The molecule has 2 aromatic carbocycles. The third-order valence-corrected chi connectivity index (χ3v) is 8.88. The van der Waals surface area contributed by atoms with E-state index in [4.69, 9.17) is 14.2 Å². The number of carboxylic acid groups (broad SMARTS) is 1. The van der Waals surface area contributed by atoms with Crippen LogP contribution < -0.4 is 14.4 Å². The first-order chi connectivity index (χ1) is 20.0. The molecule has 226 valence electrons. The summed E-state index contributed by atoms with van der Waals surface area (Å²) in [5, 5.41) is 9.82. The van der Waals surface area contributed by atoms with Crippen LogP contribution in [0.4, 0.5) is 5.69 Å². The third kappa shape index (κ3) is 5.35. The first-order valence-electron chi connectivity index (χ1n) is 14.8. The summed E-state index contributed by atoms with van der Waals surface area (Å²) in [7, 11) is 3.14. The highest BCUT2D eigenvalue weighted by Gasteiger charge is 2.47. The molecule has 0 aromatic heterocycles. The first-order valence-corrected chi connectivity index (χ1v) is 14.8. The molecule has 42 heavy (non-hydrogen) atoms. The van der Waals surface area contributed by atoms with Crippen molar-refractivity contribution in [2.24, 2.45) is 5.41 Å². The second-order valence-electron chi connectivity index (χ2n) is 12.7. The number of benzene rings is 2. The summed E-state index contributed by atoms with van der Waals surface area (Å²) in [5.74, 6) is -0.653. The fraction of sp³-hybridized carbons (Fsp3) is 0.545. The van der Waals surface area contributed by atoms with Gasteiger partial charge in [0.2, 0.25) is 5.91 Å². The van der Waals surface area contributed by atoms with Crippen molar-refractivity contribution in [1.29, 1.82) is 0 Å². The van der Waals surface area contributed by atoms with Crippen LogP contribution in [0.1, 0.15) is 81.2 Å². The zero-order valence-corrected chi connectivity index (χ0v) is 25.4. The molecule has 0 spiro atoms. The molecule has 3 aliphatic heterocycles. The number of carboxylic acids is 1. The van der Waals surface area contributed by atoms with Crippen LogP contribution in [0.5, 0.6) is 11.5 Å². The molecule has 9 nitrogen and oxygen atoms in total. The normalized spacial score (nSPS) is 24.1. The monoisotopic (exact) mass is 578 g/mol. The highest BCUT2D eigenvalue weighted by Crippen LogP contribution is 2.50. The number of aliphatic carboxylic acids is 1. The molecule has 1 N–H and O–H groups in total. The summed E-state index contributed by atoms with van der Waals surface area (Å²) in [6, 6.07) is 8.74. The Balaban J connectivity index is 1.67. The summed E-state index contributed by atoms with van der Waals surface area (Å²) in [6.07, 6.45) is 1.36. The Hall–Kier alpha value is -3.59. The number of piperidine rings is 1. The molecule has 0 radical (unpaired) electrons. The summed E-state index contributed by atoms with van der Waals surface area (Å²) in [4.78, 5) is 43.7. The van der Waals surface area contributed by atoms with Gasteiger partial charge in [-0.05, 0) is 56.1 Å². The van der Waals surface area contributed by atoms with Gasteiger partial charge >= 0.3 is 5.97 Å². The van der Waals surface area contributed by atoms with Crippen LogP contribution in [0.3, 0.4) is 0 Å². The lowest BCUT2D eigenvalue weighted by atomic mass is 9.77. The number of carbonyl (C=O) groups excluding carboxylic acids is 2. The molecule has 3 aliphatic rings. The minimum atomic E-state index is -1.13. The van der Waals surface area contributed by atoms with Crippen molar-refractivity contribution in [3.8, 4) is 11.5 Å². The number of amides is 2. The van der Waals surface area contributed by atoms with Crippen molar-refractivity contribution in [2.45, 2.75) is 90.5 Å². The van der Waals surface area contributed by atoms with E-state index in [0.29, 0.717) is 30.0 Å². The van der Waals surface area contributed by atoms with Gasteiger partial charge in [-0.1, -0.05) is 50.6 Å². The SMILES string of the molecule is COc1cccc([C@H]2O[C@H](CC(=O)N3CCCC[C@H]3C(=O)O)C(=O)N3c4c(cc(C)cc42)CC[C@@H]3C(C)(C)C)c1OC. The number of hydrogen-bond donors (Lipinski definition) is 1. The molecule has 9 heteroatoms. The average molecular weight is 579 g/mol. The van der Waals surface area contributed by atoms with Crippen molar-refractivity contribution in [1.82, 2.24) is 4.90 Å². The van der Waals surface area contributed by atoms with Gasteiger partial charge in [0.25, 0.3) is 5.91 Å². The number of likely N-dealkylation sites (tertiary alicyclic amines) is 1. The van der Waals surface area contributed by atoms with Crippen molar-refractivity contribution in [3.63, 3.8) is 0 Å². The molecule has 5 rings (SSSR count). The lowest BCUT2D eigenvalue weighted by Gasteiger charge is -2.45. The second-order valence-corrected chi connectivity index (χ2v) is 12.7. The summed E-state index contributed by atoms with van der Waals surface area (Å²) in [5.41, 5.74) is 4.25. The number of hydrogen-bond acceptors (Lipinski definition) is 6. The fourth-order valence-corrected chi connectivity index (χ4v) is 6.94. The van der Waals surface area contributed by atoms with Gasteiger partial charge in [0.05, 0.1) is 26.3 Å². The zero-order chi connectivity index (χ0) is 30.3. The molecule has 1 saturated heterocycles. The van der Waals surface area contributed by atoms with Crippen LogP contribution in [0.15, 0.2) is 30.3 Å². The molecule has 2 aromatic rings. The van der Waals surface area contributed by atoms with Crippen LogP contribution in [-0.4, -0.2) is 66.7 Å². The van der Waals surface area contributed by atoms with E-state index in [-0.39, 0.29) is 29.7 Å². The number of aryl methyl sites for hydroxylation is 2. The quantitative estimate of drug-likeness (QED) is 0.511. The second kappa shape index (κ2) is 11.6. The minimum absolute atomic E-state index is 0.118. The molecule has 0 bridgehead atoms. The smallest absolute Gasteiger partial charge is 0.326 e. The highest BCUT2D eigenvalue weighted by atomic mass is 16.5. The molecular weight excluding hydrogens is 536 g/mol. The van der Waals surface area contributed by atoms with Gasteiger partial charge in [-0.2, -0.15) is 0 Å². The molecular formula is C33H42N2O7. The number of carbonyl (C=O) groups is 3. The Bertz CT molecular complexity index is 1380. The number of para-hydroxylation sites is 1. The van der Waals surface area contributed by atoms with Crippen LogP contribution in [0.25, 0.3) is 0 Å². The van der Waals surface area contributed by atoms with Gasteiger partial charge in [-0.3, -0.25) is 9.59 Å². The topological polar surface area (TPSA) is 106 Å². The van der Waals surface area contributed by atoms with E-state index in [9.17, 15) is 19.5 Å². The average Bonchev–Trinajstić information content (AvgIpc) is 3.07. The van der Waals surface area contributed by atoms with Crippen molar-refractivity contribution >= 4 is 23.5 Å². The lowest BCUT2D eigenvalue weighted by Crippen LogP contribution is -2.54. The fourth-order valence-electron chi connectivity index (χ4n) is 6.94. The van der Waals surface area contributed by atoms with E-state index in [0.717, 1.165) is 48.1 Å². The van der Waals surface area contributed by atoms with Gasteiger partial charge in [0.1, 0.15) is 18.2 Å². The predicted octanol–water partition coefficient (Wildman–Crippen LogP) is 5.05. The third-order valence-electron chi connectivity index (χ3n) is 8.88. The largest absolute Gasteiger partial charge is 0.493 e. The van der Waals surface area contributed by atoms with Crippen molar-refractivity contribution in [2.75, 3.05) is 25.7 Å². The Morgan fingerprint density at radius 3 is 2.50 bits per heavy atom. The zero-order valence-electron chi connectivity index (χ0n) is 25.4. The molecule has 1 fully saturated rings. The number of anilines is 1. The number of methoxy groups -OCH3 is 2. The van der Waals surface area contributed by atoms with Gasteiger partial charge < -0.3 is 29.1 Å². The summed E-state index contributed by atoms with van der Waals surface area (Å²) < 4.78 is 18.2. The maximum absolute atomic E-state index is 14.6. The van der Waals surface area contributed by atoms with E-state index in [2.05, 4.69) is 32.9 Å². The molecule has 2 amide bonds. The van der Waals surface area contributed by atoms with Gasteiger partial charge in [0.15, 0.2) is 11.5 Å². The standard InChI is InChI=1S/C33H42N2O7/c1-19-16-20-13-14-26(33(2,3)4)35-28(20)22(17-19)29(21-10-9-12-24(40-5)30(21)41-6)42-25(31(35)37)18-27(36)34-15-8-7-11-23(34)32(38)39/h9-10,12,16-17,23,25-26,29H,7-8,11,13-15,18H2,1-6H3,(H,38,39)/t23-,25+,26+,29+/m0/s1. The van der Waals surface area contributed by atoms with Gasteiger partial charge in [-0.25, -0.2) is 4.79 Å². The summed E-state index contributed by atoms with van der Waals surface area (Å²) in [6.45, 7) is 8.77. The highest BCUT2D eigenvalue weighted by molar-refractivity contribution is 6.02. The molecule has 0 unspecified atom stereocenters. The maximum atomic E-state index is 14.6. The van der Waals surface area contributed by atoms with E-state index in [1.807, 2.05) is 24.0 Å². The van der Waals surface area contributed by atoms with Crippen LogP contribution in [0, 0.1) is 12.3 Å². The summed E-state index contributed by atoms with van der Waals surface area (Å²) >= 11 is 0. The Morgan fingerprint density at radius 1 is 1.07 bits per heavy atom. The van der Waals surface area contributed by atoms with Crippen LogP contribution in [0.2, 0.25) is 0 Å². The molecule has 0 aliphatic carbocycles. The molecule has 3 heterocycles.